The number of aliphatic carboxylic acids is 1. The smallest absolute Gasteiger partial charge is 0.481 e. The molecule has 0 radical (unpaired) electrons. The molecule has 0 saturated carbocycles. The van der Waals surface area contributed by atoms with E-state index in [1.54, 1.807) is 0 Å². The van der Waals surface area contributed by atoms with Crippen molar-refractivity contribution >= 4 is 5.97 Å². The number of rotatable bonds is 3. The molecule has 0 saturated heterocycles. The van der Waals surface area contributed by atoms with Gasteiger partial charge in [-0.25, -0.2) is 0 Å². The zero-order valence-corrected chi connectivity index (χ0v) is 17.9. The van der Waals surface area contributed by atoms with Gasteiger partial charge in [0.15, 0.2) is 0 Å². The van der Waals surface area contributed by atoms with Gasteiger partial charge in [0.05, 0.1) is 0 Å². The topological polar surface area (TPSA) is 89.3 Å². The molecule has 0 heterocycles. The van der Waals surface area contributed by atoms with Gasteiger partial charge in [0.2, 0.25) is 0 Å². The molecular formula is C22H25N2NaO2. The van der Waals surface area contributed by atoms with E-state index in [-0.39, 0.29) is 29.6 Å². The summed E-state index contributed by atoms with van der Waals surface area (Å²) < 4.78 is 0. The van der Waals surface area contributed by atoms with Gasteiger partial charge < -0.3 is 16.6 Å². The largest absolute Gasteiger partial charge is 1.00 e. The Balaban J connectivity index is 0.000000646. The second kappa shape index (κ2) is 15.1. The van der Waals surface area contributed by atoms with E-state index >= 15 is 0 Å². The van der Waals surface area contributed by atoms with Crippen LogP contribution in [0, 0.1) is 6.07 Å². The maximum atomic E-state index is 9.00. The van der Waals surface area contributed by atoms with Crippen LogP contribution in [0.25, 0.3) is 22.3 Å². The van der Waals surface area contributed by atoms with Crippen molar-refractivity contribution < 1.29 is 39.5 Å². The molecule has 3 rings (SSSR count). The molecule has 27 heavy (non-hydrogen) atoms. The summed E-state index contributed by atoms with van der Waals surface area (Å²) in [6, 6.07) is 30.3. The van der Waals surface area contributed by atoms with Crippen molar-refractivity contribution in [3.8, 4) is 22.3 Å². The third kappa shape index (κ3) is 10.1. The predicted octanol–water partition coefficient (Wildman–Crippen LogP) is 0.819. The normalized spacial score (nSPS) is 8.85. The first-order valence-corrected chi connectivity index (χ1v) is 8.31. The number of benzene rings is 3. The molecule has 4 nitrogen and oxygen atoms in total. The molecule has 0 atom stereocenters. The van der Waals surface area contributed by atoms with Gasteiger partial charge >= 0.3 is 29.6 Å². The summed E-state index contributed by atoms with van der Waals surface area (Å²) in [6.45, 7) is 2.28. The zero-order valence-electron chi connectivity index (χ0n) is 15.9. The maximum Gasteiger partial charge on any atom is 1.00 e. The monoisotopic (exact) mass is 372 g/mol. The second-order valence-electron chi connectivity index (χ2n) is 5.29. The molecule has 136 valence electrons. The Morgan fingerprint density at radius 3 is 1.74 bits per heavy atom. The summed E-state index contributed by atoms with van der Waals surface area (Å²) in [6.07, 6.45) is 0. The third-order valence-corrected chi connectivity index (χ3v) is 3.17. The molecule has 0 aliphatic heterocycles. The van der Waals surface area contributed by atoms with Crippen LogP contribution in [-0.4, -0.2) is 24.2 Å². The van der Waals surface area contributed by atoms with E-state index in [0.717, 1.165) is 12.5 Å². The van der Waals surface area contributed by atoms with E-state index in [4.69, 9.17) is 21.4 Å². The Bertz CT molecular complexity index is 701. The van der Waals surface area contributed by atoms with Gasteiger partial charge in [-0.05, 0) is 0 Å². The molecule has 0 fully saturated rings. The SMILES string of the molecule is CC(=O)O.NCCN.[Na+].[c-]1cccc(-c2ccccc2)c1-c1ccccc1. The van der Waals surface area contributed by atoms with Crippen molar-refractivity contribution in [1.82, 2.24) is 0 Å². The van der Waals surface area contributed by atoms with Gasteiger partial charge in [0, 0.05) is 20.0 Å². The predicted molar refractivity (Wildman–Crippen MR) is 108 cm³/mol. The van der Waals surface area contributed by atoms with Gasteiger partial charge in [-0.2, -0.15) is 0 Å². The summed E-state index contributed by atoms with van der Waals surface area (Å²) in [4.78, 5) is 9.00. The molecule has 0 aliphatic rings. The Morgan fingerprint density at radius 1 is 0.852 bits per heavy atom. The number of carbonyl (C=O) groups is 1. The van der Waals surface area contributed by atoms with E-state index in [1.165, 1.54) is 16.7 Å². The molecular weight excluding hydrogens is 347 g/mol. The molecule has 0 unspecified atom stereocenters. The summed E-state index contributed by atoms with van der Waals surface area (Å²) in [5.74, 6) is -0.833. The van der Waals surface area contributed by atoms with Crippen LogP contribution in [0.1, 0.15) is 6.92 Å². The van der Waals surface area contributed by atoms with Crippen LogP contribution in [0.5, 0.6) is 0 Å². The minimum atomic E-state index is -0.833. The summed E-state index contributed by atoms with van der Waals surface area (Å²) in [7, 11) is 0. The van der Waals surface area contributed by atoms with Gasteiger partial charge in [-0.15, -0.1) is 35.4 Å². The molecule has 0 aliphatic carbocycles. The summed E-state index contributed by atoms with van der Waals surface area (Å²) in [5.41, 5.74) is 14.6. The molecule has 5 N–H and O–H groups in total. The average molecular weight is 372 g/mol. The Kier molecular flexibility index (Phi) is 14.0. The van der Waals surface area contributed by atoms with E-state index in [2.05, 4.69) is 60.7 Å². The van der Waals surface area contributed by atoms with Crippen LogP contribution in [0.2, 0.25) is 0 Å². The summed E-state index contributed by atoms with van der Waals surface area (Å²) >= 11 is 0. The quantitative estimate of drug-likeness (QED) is 0.469. The summed E-state index contributed by atoms with van der Waals surface area (Å²) in [5, 5.41) is 7.42. The van der Waals surface area contributed by atoms with E-state index in [9.17, 15) is 0 Å². The van der Waals surface area contributed by atoms with Crippen molar-refractivity contribution in [3.63, 3.8) is 0 Å². The molecule has 5 heteroatoms. The number of carboxylic acid groups (broad SMARTS) is 1. The van der Waals surface area contributed by atoms with E-state index in [1.807, 2.05) is 24.3 Å². The van der Waals surface area contributed by atoms with Crippen LogP contribution < -0.4 is 41.0 Å². The fraction of sp³-hybridized carbons (Fsp3) is 0.136. The first-order chi connectivity index (χ1) is 12.6. The number of nitrogens with two attached hydrogens (primary N) is 2. The van der Waals surface area contributed by atoms with Crippen molar-refractivity contribution in [2.24, 2.45) is 11.5 Å². The first kappa shape index (κ1) is 25.1. The first-order valence-electron chi connectivity index (χ1n) is 8.31. The number of hydrogen-bond donors (Lipinski definition) is 3. The number of hydrogen-bond acceptors (Lipinski definition) is 3. The van der Waals surface area contributed by atoms with Gasteiger partial charge in [-0.1, -0.05) is 71.8 Å². The standard InChI is InChI=1S/C18H13.C2H8N2.C2H4O2.Na/c1-3-9-15(10-4-1)17-13-7-8-14-18(17)16-11-5-2-6-12-16;3-1-2-4;1-2(3)4;/h1-13H;1-4H2;1H3,(H,3,4);/q-1;;;+1. The van der Waals surface area contributed by atoms with Crippen LogP contribution in [0.15, 0.2) is 78.9 Å². The third-order valence-electron chi connectivity index (χ3n) is 3.17. The minimum Gasteiger partial charge on any atom is -0.481 e. The molecule has 3 aromatic rings. The molecule has 0 spiro atoms. The fourth-order valence-electron chi connectivity index (χ4n) is 2.14. The molecule has 0 amide bonds. The second-order valence-corrected chi connectivity index (χ2v) is 5.29. The van der Waals surface area contributed by atoms with E-state index < -0.39 is 5.97 Å². The van der Waals surface area contributed by atoms with Crippen LogP contribution in [-0.2, 0) is 4.79 Å². The fourth-order valence-corrected chi connectivity index (χ4v) is 2.14. The number of carboxylic acids is 1. The van der Waals surface area contributed by atoms with Gasteiger partial charge in [0.25, 0.3) is 5.97 Å². The Labute approximate surface area is 183 Å². The average Bonchev–Trinajstić information content (AvgIpc) is 2.69. The van der Waals surface area contributed by atoms with Crippen molar-refractivity contribution in [2.45, 2.75) is 6.92 Å². The van der Waals surface area contributed by atoms with Crippen molar-refractivity contribution in [2.75, 3.05) is 13.1 Å². The van der Waals surface area contributed by atoms with Crippen molar-refractivity contribution in [3.05, 3.63) is 84.9 Å². The van der Waals surface area contributed by atoms with E-state index in [0.29, 0.717) is 13.1 Å². The Hall–Kier alpha value is -1.95. The maximum absolute atomic E-state index is 9.00. The van der Waals surface area contributed by atoms with Crippen LogP contribution in [0.4, 0.5) is 0 Å². The molecule has 0 bridgehead atoms. The van der Waals surface area contributed by atoms with Crippen LogP contribution in [0.3, 0.4) is 0 Å². The zero-order chi connectivity index (χ0) is 19.2. The Morgan fingerprint density at radius 2 is 1.30 bits per heavy atom. The van der Waals surface area contributed by atoms with Gasteiger partial charge in [-0.3, -0.25) is 4.79 Å². The molecule has 0 aromatic heterocycles. The van der Waals surface area contributed by atoms with Crippen LogP contribution >= 0.6 is 0 Å². The van der Waals surface area contributed by atoms with Crippen molar-refractivity contribution in [1.29, 1.82) is 0 Å². The van der Waals surface area contributed by atoms with Gasteiger partial charge in [0.1, 0.15) is 0 Å². The molecule has 3 aromatic carbocycles. The minimum absolute atomic E-state index is 0.